The van der Waals surface area contributed by atoms with Gasteiger partial charge in [-0.1, -0.05) is 0 Å². The van der Waals surface area contributed by atoms with Crippen LogP contribution in [0.25, 0.3) is 5.69 Å². The van der Waals surface area contributed by atoms with Gasteiger partial charge in [-0.2, -0.15) is 10.1 Å². The zero-order valence-electron chi connectivity index (χ0n) is 14.1. The van der Waals surface area contributed by atoms with Gasteiger partial charge in [0.05, 0.1) is 11.9 Å². The Labute approximate surface area is 141 Å². The lowest BCUT2D eigenvalue weighted by atomic mass is 10.3. The topological polar surface area (TPSA) is 62.1 Å². The number of hydrogen-bond donors (Lipinski definition) is 0. The van der Waals surface area contributed by atoms with Gasteiger partial charge >= 0.3 is 0 Å². The molecule has 2 aromatic heterocycles. The van der Waals surface area contributed by atoms with Crippen LogP contribution in [0, 0.1) is 13.8 Å². The molecular formula is C18H20N4O2. The van der Waals surface area contributed by atoms with Crippen molar-refractivity contribution in [3.8, 4) is 17.3 Å². The molecule has 0 saturated heterocycles. The molecule has 3 rings (SSSR count). The van der Waals surface area contributed by atoms with Crippen LogP contribution in [-0.2, 0) is 11.3 Å². The van der Waals surface area contributed by atoms with Crippen LogP contribution in [0.15, 0.2) is 42.7 Å². The van der Waals surface area contributed by atoms with Crippen LogP contribution in [-0.4, -0.2) is 26.4 Å². The minimum absolute atomic E-state index is 0.381. The quantitative estimate of drug-likeness (QED) is 0.693. The fourth-order valence-corrected chi connectivity index (χ4v) is 2.25. The Hall–Kier alpha value is -2.73. The van der Waals surface area contributed by atoms with Crippen LogP contribution < -0.4 is 4.74 Å². The van der Waals surface area contributed by atoms with Crippen molar-refractivity contribution in [1.29, 1.82) is 0 Å². The summed E-state index contributed by atoms with van der Waals surface area (Å²) in [5.41, 5.74) is 2.94. The SMILES string of the molecule is CCOCc1nc(C)cc(Oc2ccc(-n3cc(C)cn3)cc2)n1. The summed E-state index contributed by atoms with van der Waals surface area (Å²) in [5.74, 6) is 1.85. The van der Waals surface area contributed by atoms with Crippen molar-refractivity contribution in [2.45, 2.75) is 27.4 Å². The summed E-state index contributed by atoms with van der Waals surface area (Å²) in [6.45, 7) is 6.87. The molecule has 0 aliphatic heterocycles. The Kier molecular flexibility index (Phi) is 4.86. The first-order valence-electron chi connectivity index (χ1n) is 7.86. The fraction of sp³-hybridized carbons (Fsp3) is 0.278. The van der Waals surface area contributed by atoms with Crippen LogP contribution in [0.3, 0.4) is 0 Å². The Morgan fingerprint density at radius 1 is 1.08 bits per heavy atom. The first kappa shape index (κ1) is 16.1. The molecule has 24 heavy (non-hydrogen) atoms. The lowest BCUT2D eigenvalue weighted by molar-refractivity contribution is 0.127. The molecule has 0 amide bonds. The molecule has 0 unspecified atom stereocenters. The predicted molar refractivity (Wildman–Crippen MR) is 90.5 cm³/mol. The highest BCUT2D eigenvalue weighted by Crippen LogP contribution is 2.22. The fourth-order valence-electron chi connectivity index (χ4n) is 2.25. The number of nitrogens with zero attached hydrogens (tertiary/aromatic N) is 4. The van der Waals surface area contributed by atoms with E-state index in [0.717, 1.165) is 16.9 Å². The summed E-state index contributed by atoms with van der Waals surface area (Å²) in [5, 5.41) is 4.29. The molecule has 0 N–H and O–H groups in total. The van der Waals surface area contributed by atoms with Crippen molar-refractivity contribution >= 4 is 0 Å². The second-order valence-corrected chi connectivity index (χ2v) is 5.46. The lowest BCUT2D eigenvalue weighted by Crippen LogP contribution is -2.02. The van der Waals surface area contributed by atoms with Gasteiger partial charge in [0.2, 0.25) is 5.88 Å². The van der Waals surface area contributed by atoms with Crippen molar-refractivity contribution in [1.82, 2.24) is 19.7 Å². The molecule has 0 aliphatic carbocycles. The number of rotatable bonds is 6. The molecular weight excluding hydrogens is 304 g/mol. The standard InChI is InChI=1S/C18H20N4O2/c1-4-23-12-17-20-14(3)9-18(21-17)24-16-7-5-15(6-8-16)22-11-13(2)10-19-22/h5-11H,4,12H2,1-3H3. The van der Waals surface area contributed by atoms with Gasteiger partial charge in [-0.25, -0.2) is 9.67 Å². The molecule has 6 heteroatoms. The summed E-state index contributed by atoms with van der Waals surface area (Å²) in [6, 6.07) is 9.51. The maximum atomic E-state index is 5.84. The summed E-state index contributed by atoms with van der Waals surface area (Å²) < 4.78 is 13.0. The van der Waals surface area contributed by atoms with Gasteiger partial charge in [0.1, 0.15) is 12.4 Å². The monoisotopic (exact) mass is 324 g/mol. The second-order valence-electron chi connectivity index (χ2n) is 5.46. The van der Waals surface area contributed by atoms with Gasteiger partial charge in [0.15, 0.2) is 5.82 Å². The van der Waals surface area contributed by atoms with Crippen molar-refractivity contribution in [3.63, 3.8) is 0 Å². The number of benzene rings is 1. The van der Waals surface area contributed by atoms with Gasteiger partial charge in [-0.3, -0.25) is 0 Å². The van der Waals surface area contributed by atoms with E-state index in [2.05, 4.69) is 15.1 Å². The van der Waals surface area contributed by atoms with Crippen LogP contribution in [0.5, 0.6) is 11.6 Å². The molecule has 0 fully saturated rings. The minimum Gasteiger partial charge on any atom is -0.439 e. The smallest absolute Gasteiger partial charge is 0.222 e. The Morgan fingerprint density at radius 3 is 2.54 bits per heavy atom. The van der Waals surface area contributed by atoms with Crippen molar-refractivity contribution in [3.05, 3.63) is 59.8 Å². The maximum Gasteiger partial charge on any atom is 0.222 e. The van der Waals surface area contributed by atoms with Crippen molar-refractivity contribution in [2.24, 2.45) is 0 Å². The van der Waals surface area contributed by atoms with Crippen LogP contribution >= 0.6 is 0 Å². The number of aryl methyl sites for hydroxylation is 2. The van der Waals surface area contributed by atoms with Crippen LogP contribution in [0.2, 0.25) is 0 Å². The van der Waals surface area contributed by atoms with Gasteiger partial charge in [0.25, 0.3) is 0 Å². The van der Waals surface area contributed by atoms with Crippen LogP contribution in [0.1, 0.15) is 24.0 Å². The summed E-state index contributed by atoms with van der Waals surface area (Å²) in [7, 11) is 0. The Morgan fingerprint density at radius 2 is 1.88 bits per heavy atom. The molecule has 0 spiro atoms. The second kappa shape index (κ2) is 7.23. The van der Waals surface area contributed by atoms with Gasteiger partial charge in [0, 0.05) is 24.6 Å². The average molecular weight is 324 g/mol. The molecule has 0 aliphatic rings. The Bertz CT molecular complexity index is 812. The third kappa shape index (κ3) is 3.97. The van der Waals surface area contributed by atoms with Crippen LogP contribution in [0.4, 0.5) is 0 Å². The summed E-state index contributed by atoms with van der Waals surface area (Å²) in [4.78, 5) is 8.72. The zero-order chi connectivity index (χ0) is 16.9. The van der Waals surface area contributed by atoms with Crippen molar-refractivity contribution in [2.75, 3.05) is 6.61 Å². The van der Waals surface area contributed by atoms with Gasteiger partial charge in [-0.15, -0.1) is 0 Å². The highest BCUT2D eigenvalue weighted by Gasteiger charge is 2.06. The molecule has 6 nitrogen and oxygen atoms in total. The van der Waals surface area contributed by atoms with E-state index < -0.39 is 0 Å². The predicted octanol–water partition coefficient (Wildman–Crippen LogP) is 3.61. The molecule has 0 atom stereocenters. The zero-order valence-corrected chi connectivity index (χ0v) is 14.1. The lowest BCUT2D eigenvalue weighted by Gasteiger charge is -2.08. The third-order valence-corrected chi connectivity index (χ3v) is 3.35. The first-order valence-corrected chi connectivity index (χ1v) is 7.86. The van der Waals surface area contributed by atoms with E-state index in [4.69, 9.17) is 9.47 Å². The number of hydrogen-bond acceptors (Lipinski definition) is 5. The highest BCUT2D eigenvalue weighted by molar-refractivity contribution is 5.38. The summed E-state index contributed by atoms with van der Waals surface area (Å²) in [6.07, 6.45) is 3.80. The van der Waals surface area contributed by atoms with E-state index >= 15 is 0 Å². The highest BCUT2D eigenvalue weighted by atomic mass is 16.5. The van der Waals surface area contributed by atoms with E-state index in [-0.39, 0.29) is 0 Å². The van der Waals surface area contributed by atoms with Crippen molar-refractivity contribution < 1.29 is 9.47 Å². The largest absolute Gasteiger partial charge is 0.439 e. The van der Waals surface area contributed by atoms with E-state index in [0.29, 0.717) is 30.7 Å². The minimum atomic E-state index is 0.381. The molecule has 1 aromatic carbocycles. The van der Waals surface area contributed by atoms with E-state index in [1.807, 2.05) is 62.1 Å². The molecule has 0 bridgehead atoms. The molecule has 0 radical (unpaired) electrons. The first-order chi connectivity index (χ1) is 11.6. The van der Waals surface area contributed by atoms with Gasteiger partial charge in [-0.05, 0) is 50.6 Å². The van der Waals surface area contributed by atoms with E-state index in [1.165, 1.54) is 0 Å². The molecule has 3 aromatic rings. The average Bonchev–Trinajstić information content (AvgIpc) is 3.00. The van der Waals surface area contributed by atoms with Gasteiger partial charge < -0.3 is 9.47 Å². The maximum absolute atomic E-state index is 5.84. The Balaban J connectivity index is 1.75. The number of ether oxygens (including phenoxy) is 2. The molecule has 124 valence electrons. The normalized spacial score (nSPS) is 10.8. The van der Waals surface area contributed by atoms with E-state index in [9.17, 15) is 0 Å². The third-order valence-electron chi connectivity index (χ3n) is 3.35. The summed E-state index contributed by atoms with van der Waals surface area (Å²) >= 11 is 0. The molecule has 0 saturated carbocycles. The molecule has 2 heterocycles. The van der Waals surface area contributed by atoms with E-state index in [1.54, 1.807) is 6.07 Å². The number of aromatic nitrogens is 4.